The van der Waals surface area contributed by atoms with Crippen LogP contribution in [0.15, 0.2) is 62.5 Å². The molecule has 166 valence electrons. The minimum Gasteiger partial charge on any atom is -0.464 e. The van der Waals surface area contributed by atoms with Crippen LogP contribution in [0.1, 0.15) is 38.3 Å². The van der Waals surface area contributed by atoms with Gasteiger partial charge in [-0.3, -0.25) is 14.2 Å². The number of nitrogens with one attached hydrogen (secondary N) is 1. The lowest BCUT2D eigenvalue weighted by molar-refractivity contribution is -0.144. The fourth-order valence-electron chi connectivity index (χ4n) is 3.52. The lowest BCUT2D eigenvalue weighted by Crippen LogP contribution is -2.30. The lowest BCUT2D eigenvalue weighted by atomic mass is 10.0. The molecule has 1 atom stereocenters. The molecule has 32 heavy (non-hydrogen) atoms. The van der Waals surface area contributed by atoms with Gasteiger partial charge in [-0.2, -0.15) is 0 Å². The van der Waals surface area contributed by atoms with E-state index in [2.05, 4.69) is 32.3 Å². The number of para-hydroxylation sites is 1. The number of hydrogen-bond donors (Lipinski definition) is 1. The molecule has 0 aliphatic heterocycles. The zero-order valence-corrected chi connectivity index (χ0v) is 19.5. The molecule has 2 heterocycles. The van der Waals surface area contributed by atoms with Gasteiger partial charge in [-0.05, 0) is 53.0 Å². The zero-order valence-electron chi connectivity index (χ0n) is 17.9. The molecule has 4 aromatic rings. The van der Waals surface area contributed by atoms with Crippen LogP contribution in [-0.4, -0.2) is 22.1 Å². The third-order valence-electron chi connectivity index (χ3n) is 5.31. The van der Waals surface area contributed by atoms with Crippen LogP contribution >= 0.6 is 15.9 Å². The first-order valence-electron chi connectivity index (χ1n) is 10.6. The van der Waals surface area contributed by atoms with Crippen LogP contribution in [0.25, 0.3) is 21.9 Å². The van der Waals surface area contributed by atoms with Crippen LogP contribution in [0, 0.1) is 0 Å². The SMILES string of the molecule is CCCCOC(=O)Cn1c(Br)cnc(N[C@H](C)c2ccc3oc4ccccc4c3c2)c1=O. The maximum atomic E-state index is 13.0. The van der Waals surface area contributed by atoms with Crippen LogP contribution in [0.5, 0.6) is 0 Å². The molecule has 2 aromatic heterocycles. The average molecular weight is 498 g/mol. The van der Waals surface area contributed by atoms with E-state index in [1.807, 2.05) is 50.2 Å². The fraction of sp³-hybridized carbons (Fsp3) is 0.292. The highest BCUT2D eigenvalue weighted by molar-refractivity contribution is 9.10. The molecule has 2 aromatic carbocycles. The molecule has 1 N–H and O–H groups in total. The van der Waals surface area contributed by atoms with Crippen molar-refractivity contribution in [2.75, 3.05) is 11.9 Å². The van der Waals surface area contributed by atoms with Crippen LogP contribution in [-0.2, 0) is 16.1 Å². The van der Waals surface area contributed by atoms with Gasteiger partial charge in [0.1, 0.15) is 22.3 Å². The number of aromatic nitrogens is 2. The van der Waals surface area contributed by atoms with Gasteiger partial charge in [-0.1, -0.05) is 37.6 Å². The highest BCUT2D eigenvalue weighted by Crippen LogP contribution is 2.31. The van der Waals surface area contributed by atoms with Gasteiger partial charge in [0, 0.05) is 10.8 Å². The van der Waals surface area contributed by atoms with E-state index in [1.54, 1.807) is 0 Å². The summed E-state index contributed by atoms with van der Waals surface area (Å²) in [5.74, 6) is -0.289. The molecule has 0 bridgehead atoms. The monoisotopic (exact) mass is 497 g/mol. The fourth-order valence-corrected chi connectivity index (χ4v) is 3.91. The number of fused-ring (bicyclic) bond motifs is 3. The van der Waals surface area contributed by atoms with E-state index in [-0.39, 0.29) is 18.4 Å². The average Bonchev–Trinajstić information content (AvgIpc) is 3.16. The van der Waals surface area contributed by atoms with Crippen molar-refractivity contribution < 1.29 is 13.9 Å². The summed E-state index contributed by atoms with van der Waals surface area (Å²) < 4.78 is 12.8. The number of rotatable bonds is 8. The quantitative estimate of drug-likeness (QED) is 0.258. The summed E-state index contributed by atoms with van der Waals surface area (Å²) in [5, 5.41) is 5.24. The number of esters is 1. The highest BCUT2D eigenvalue weighted by atomic mass is 79.9. The summed E-state index contributed by atoms with van der Waals surface area (Å²) in [4.78, 5) is 29.3. The molecule has 0 amide bonds. The van der Waals surface area contributed by atoms with Gasteiger partial charge in [0.2, 0.25) is 0 Å². The molecule has 8 heteroatoms. The Labute approximate surface area is 193 Å². The van der Waals surface area contributed by atoms with Gasteiger partial charge in [0.25, 0.3) is 5.56 Å². The van der Waals surface area contributed by atoms with E-state index >= 15 is 0 Å². The predicted molar refractivity (Wildman–Crippen MR) is 128 cm³/mol. The van der Waals surface area contributed by atoms with Crippen molar-refractivity contribution in [3.05, 3.63) is 69.2 Å². The molecule has 0 fully saturated rings. The number of anilines is 1. The van der Waals surface area contributed by atoms with Gasteiger partial charge in [-0.25, -0.2) is 4.98 Å². The molecule has 7 nitrogen and oxygen atoms in total. The van der Waals surface area contributed by atoms with E-state index in [0.29, 0.717) is 11.2 Å². The number of carbonyl (C=O) groups excluding carboxylic acids is 1. The standard InChI is InChI=1S/C24H24BrN3O4/c1-3-4-11-31-22(29)14-28-21(25)13-26-23(24(28)30)27-15(2)16-9-10-20-18(12-16)17-7-5-6-8-19(17)32-20/h5-10,12-13,15H,3-4,11,14H2,1-2H3,(H,26,27)/t15-/m1/s1. The summed E-state index contributed by atoms with van der Waals surface area (Å²) in [7, 11) is 0. The van der Waals surface area contributed by atoms with Crippen LogP contribution in [0.2, 0.25) is 0 Å². The second kappa shape index (κ2) is 9.56. The molecule has 0 aliphatic rings. The van der Waals surface area contributed by atoms with Crippen molar-refractivity contribution in [1.29, 1.82) is 0 Å². The van der Waals surface area contributed by atoms with E-state index in [1.165, 1.54) is 10.8 Å². The Morgan fingerprint density at radius 2 is 2.00 bits per heavy atom. The number of unbranched alkanes of at least 4 members (excludes halogenated alkanes) is 1. The Morgan fingerprint density at radius 1 is 1.22 bits per heavy atom. The highest BCUT2D eigenvalue weighted by Gasteiger charge is 2.16. The molecule has 0 spiro atoms. The Morgan fingerprint density at radius 3 is 2.81 bits per heavy atom. The lowest BCUT2D eigenvalue weighted by Gasteiger charge is -2.16. The molecule has 4 rings (SSSR count). The third-order valence-corrected chi connectivity index (χ3v) is 5.94. The largest absolute Gasteiger partial charge is 0.464 e. The van der Waals surface area contributed by atoms with E-state index in [9.17, 15) is 9.59 Å². The first kappa shape index (κ1) is 22.1. The molecular weight excluding hydrogens is 474 g/mol. The molecule has 0 aliphatic carbocycles. The summed E-state index contributed by atoms with van der Waals surface area (Å²) in [5.41, 5.74) is 2.24. The smallest absolute Gasteiger partial charge is 0.326 e. The normalized spacial score (nSPS) is 12.2. The predicted octanol–water partition coefficient (Wildman–Crippen LogP) is 5.42. The van der Waals surface area contributed by atoms with Crippen LogP contribution < -0.4 is 10.9 Å². The summed E-state index contributed by atoms with van der Waals surface area (Å²) >= 11 is 3.30. The van der Waals surface area contributed by atoms with Crippen molar-refractivity contribution in [3.63, 3.8) is 0 Å². The van der Waals surface area contributed by atoms with Crippen LogP contribution in [0.4, 0.5) is 5.82 Å². The molecule has 0 unspecified atom stereocenters. The van der Waals surface area contributed by atoms with E-state index in [0.717, 1.165) is 40.3 Å². The topological polar surface area (TPSA) is 86.4 Å². The number of furan rings is 1. The van der Waals surface area contributed by atoms with Gasteiger partial charge >= 0.3 is 5.97 Å². The molecule has 0 radical (unpaired) electrons. The first-order valence-corrected chi connectivity index (χ1v) is 11.4. The van der Waals surface area contributed by atoms with Crippen molar-refractivity contribution in [1.82, 2.24) is 9.55 Å². The maximum Gasteiger partial charge on any atom is 0.326 e. The third kappa shape index (κ3) is 4.55. The number of hydrogen-bond acceptors (Lipinski definition) is 6. The minimum atomic E-state index is -0.455. The van der Waals surface area contributed by atoms with Crippen molar-refractivity contribution in [2.45, 2.75) is 39.3 Å². The number of carbonyl (C=O) groups is 1. The van der Waals surface area contributed by atoms with E-state index in [4.69, 9.17) is 9.15 Å². The van der Waals surface area contributed by atoms with Gasteiger partial charge in [-0.15, -0.1) is 0 Å². The van der Waals surface area contributed by atoms with E-state index < -0.39 is 11.5 Å². The van der Waals surface area contributed by atoms with Crippen molar-refractivity contribution in [2.24, 2.45) is 0 Å². The summed E-state index contributed by atoms with van der Waals surface area (Å²) in [6, 6.07) is 13.6. The second-order valence-electron chi connectivity index (χ2n) is 7.61. The summed E-state index contributed by atoms with van der Waals surface area (Å²) in [6.07, 6.45) is 3.22. The minimum absolute atomic E-state index is 0.166. The van der Waals surface area contributed by atoms with Gasteiger partial charge in [0.05, 0.1) is 18.8 Å². The van der Waals surface area contributed by atoms with Crippen molar-refractivity contribution >= 4 is 49.7 Å². The summed E-state index contributed by atoms with van der Waals surface area (Å²) in [6.45, 7) is 4.14. The van der Waals surface area contributed by atoms with Gasteiger partial charge < -0.3 is 14.5 Å². The Hall–Kier alpha value is -3.13. The number of nitrogens with zero attached hydrogens (tertiary/aromatic N) is 2. The molecule has 0 saturated carbocycles. The Bertz CT molecular complexity index is 1330. The first-order chi connectivity index (χ1) is 15.5. The Balaban J connectivity index is 1.56. The maximum absolute atomic E-state index is 13.0. The molecule has 0 saturated heterocycles. The number of halogens is 1. The Kier molecular flexibility index (Phi) is 6.60. The van der Waals surface area contributed by atoms with Crippen molar-refractivity contribution in [3.8, 4) is 0 Å². The zero-order chi connectivity index (χ0) is 22.7. The number of ether oxygens (including phenoxy) is 1. The van der Waals surface area contributed by atoms with Crippen LogP contribution in [0.3, 0.4) is 0 Å². The number of benzene rings is 2. The second-order valence-corrected chi connectivity index (χ2v) is 8.43. The molecular formula is C24H24BrN3O4. The van der Waals surface area contributed by atoms with Gasteiger partial charge in [0.15, 0.2) is 5.82 Å².